The van der Waals surface area contributed by atoms with Crippen molar-refractivity contribution in [1.82, 2.24) is 19.5 Å². The molecule has 190 valence electrons. The minimum Gasteiger partial charge on any atom is -0.491 e. The monoisotopic (exact) mass is 490 g/mol. The van der Waals surface area contributed by atoms with Crippen LogP contribution in [0.1, 0.15) is 45.4 Å². The van der Waals surface area contributed by atoms with Gasteiger partial charge in [0.25, 0.3) is 5.56 Å². The van der Waals surface area contributed by atoms with Gasteiger partial charge in [0.05, 0.1) is 30.5 Å². The largest absolute Gasteiger partial charge is 0.491 e. The first kappa shape index (κ1) is 23.2. The van der Waals surface area contributed by atoms with E-state index in [2.05, 4.69) is 44.2 Å². The molecular weight excluding hydrogens is 456 g/mol. The predicted octanol–water partition coefficient (Wildman–Crippen LogP) is 3.53. The van der Waals surface area contributed by atoms with E-state index in [1.54, 1.807) is 24.0 Å². The molecule has 6 rings (SSSR count). The van der Waals surface area contributed by atoms with Crippen LogP contribution in [-0.2, 0) is 11.8 Å². The lowest BCUT2D eigenvalue weighted by atomic mass is 9.74. The van der Waals surface area contributed by atoms with Crippen LogP contribution in [0.25, 0.3) is 11.0 Å². The number of anilines is 2. The number of benzene rings is 1. The lowest BCUT2D eigenvalue weighted by Gasteiger charge is -2.37. The molecule has 9 nitrogen and oxygen atoms in total. The van der Waals surface area contributed by atoms with Crippen LogP contribution in [0.3, 0.4) is 0 Å². The number of aromatic nitrogens is 4. The average Bonchev–Trinajstić information content (AvgIpc) is 3.24. The highest BCUT2D eigenvalue weighted by Gasteiger charge is 2.35. The quantitative estimate of drug-likeness (QED) is 0.561. The van der Waals surface area contributed by atoms with E-state index >= 15 is 0 Å². The fourth-order valence-corrected chi connectivity index (χ4v) is 5.87. The third-order valence-electron chi connectivity index (χ3n) is 8.10. The Kier molecular flexibility index (Phi) is 6.03. The summed E-state index contributed by atoms with van der Waals surface area (Å²) >= 11 is 0. The maximum absolute atomic E-state index is 12.4. The fourth-order valence-electron chi connectivity index (χ4n) is 5.87. The van der Waals surface area contributed by atoms with Gasteiger partial charge in [-0.15, -0.1) is 0 Å². The summed E-state index contributed by atoms with van der Waals surface area (Å²) in [6, 6.07) is 6.37. The van der Waals surface area contributed by atoms with E-state index in [1.165, 1.54) is 6.20 Å². The molecule has 2 bridgehead atoms. The van der Waals surface area contributed by atoms with Crippen molar-refractivity contribution in [3.05, 3.63) is 47.1 Å². The van der Waals surface area contributed by atoms with Gasteiger partial charge in [0.1, 0.15) is 11.3 Å². The summed E-state index contributed by atoms with van der Waals surface area (Å²) in [4.78, 5) is 27.9. The molecule has 1 aliphatic carbocycles. The third-order valence-corrected chi connectivity index (χ3v) is 8.10. The van der Waals surface area contributed by atoms with Crippen LogP contribution in [0.2, 0.25) is 0 Å². The Labute approximate surface area is 210 Å². The molecule has 2 aromatic heterocycles. The minimum atomic E-state index is -0.134. The van der Waals surface area contributed by atoms with Gasteiger partial charge >= 0.3 is 0 Å². The van der Waals surface area contributed by atoms with Crippen molar-refractivity contribution in [3.8, 4) is 5.75 Å². The molecule has 2 atom stereocenters. The SMILES string of the molecule is Cn1c(=O)cnc2cc(N3CC4CCC(C3)O4)cc(OC[C@]3(C)CC[C@H](Nc4ncccn4)CC3)c21. The second-order valence-electron chi connectivity index (χ2n) is 10.9. The van der Waals surface area contributed by atoms with Crippen LogP contribution in [0.4, 0.5) is 11.6 Å². The van der Waals surface area contributed by atoms with E-state index in [0.29, 0.717) is 30.8 Å². The van der Waals surface area contributed by atoms with Crippen LogP contribution >= 0.6 is 0 Å². The van der Waals surface area contributed by atoms with Crippen molar-refractivity contribution in [2.75, 3.05) is 29.9 Å². The standard InChI is InChI=1S/C27H34N6O3/c1-27(8-6-18(7-9-27)31-26-28-10-3-11-29-26)17-35-23-13-19(33-15-20-4-5-21(16-33)36-20)12-22-25(23)32(2)24(34)14-30-22/h3,10-14,18,20-21H,4-9,15-17H2,1-2H3,(H,28,29,31)/t18-,20?,21?,27+. The molecule has 0 radical (unpaired) electrons. The second kappa shape index (κ2) is 9.35. The Bertz CT molecular complexity index is 1280. The lowest BCUT2D eigenvalue weighted by Crippen LogP contribution is -2.42. The van der Waals surface area contributed by atoms with Crippen molar-refractivity contribution < 1.29 is 9.47 Å². The van der Waals surface area contributed by atoms with Gasteiger partial charge in [0.15, 0.2) is 0 Å². The normalized spacial score (nSPS) is 27.8. The highest BCUT2D eigenvalue weighted by Crippen LogP contribution is 2.39. The topological polar surface area (TPSA) is 94.4 Å². The molecule has 2 aliphatic heterocycles. The molecule has 36 heavy (non-hydrogen) atoms. The minimum absolute atomic E-state index is 0.0528. The number of ether oxygens (including phenoxy) is 2. The molecule has 9 heteroatoms. The number of aryl methyl sites for hydroxylation is 1. The molecular formula is C27H34N6O3. The first-order valence-corrected chi connectivity index (χ1v) is 13.0. The predicted molar refractivity (Wildman–Crippen MR) is 139 cm³/mol. The number of rotatable bonds is 6. The zero-order valence-corrected chi connectivity index (χ0v) is 21.0. The van der Waals surface area contributed by atoms with Gasteiger partial charge < -0.3 is 24.3 Å². The van der Waals surface area contributed by atoms with Crippen LogP contribution in [-0.4, -0.2) is 57.5 Å². The maximum atomic E-state index is 12.4. The first-order valence-electron chi connectivity index (χ1n) is 13.0. The Morgan fingerprint density at radius 1 is 1.08 bits per heavy atom. The van der Waals surface area contributed by atoms with Gasteiger partial charge in [-0.2, -0.15) is 0 Å². The average molecular weight is 491 g/mol. The molecule has 2 saturated heterocycles. The molecule has 3 fully saturated rings. The summed E-state index contributed by atoms with van der Waals surface area (Å²) in [5, 5.41) is 3.46. The lowest BCUT2D eigenvalue weighted by molar-refractivity contribution is 0.0305. The summed E-state index contributed by atoms with van der Waals surface area (Å²) in [5.41, 5.74) is 2.54. The zero-order valence-electron chi connectivity index (χ0n) is 21.0. The molecule has 1 aromatic carbocycles. The Morgan fingerprint density at radius 2 is 1.81 bits per heavy atom. The van der Waals surface area contributed by atoms with Gasteiger partial charge in [-0.3, -0.25) is 4.79 Å². The van der Waals surface area contributed by atoms with E-state index in [-0.39, 0.29) is 11.0 Å². The maximum Gasteiger partial charge on any atom is 0.269 e. The molecule has 1 N–H and O–H groups in total. The highest BCUT2D eigenvalue weighted by atomic mass is 16.5. The summed E-state index contributed by atoms with van der Waals surface area (Å²) in [5.74, 6) is 1.42. The van der Waals surface area contributed by atoms with E-state index in [9.17, 15) is 4.79 Å². The molecule has 3 aromatic rings. The number of hydrogen-bond acceptors (Lipinski definition) is 8. The van der Waals surface area contributed by atoms with Gasteiger partial charge in [0, 0.05) is 55.7 Å². The third kappa shape index (κ3) is 4.64. The van der Waals surface area contributed by atoms with Gasteiger partial charge in [-0.1, -0.05) is 6.92 Å². The number of fused-ring (bicyclic) bond motifs is 3. The molecule has 0 amide bonds. The first-order chi connectivity index (χ1) is 17.5. The van der Waals surface area contributed by atoms with E-state index < -0.39 is 0 Å². The van der Waals surface area contributed by atoms with E-state index in [0.717, 1.165) is 74.1 Å². The number of nitrogens with one attached hydrogen (secondary N) is 1. The van der Waals surface area contributed by atoms with Crippen molar-refractivity contribution in [1.29, 1.82) is 0 Å². The van der Waals surface area contributed by atoms with Gasteiger partial charge in [-0.25, -0.2) is 15.0 Å². The Morgan fingerprint density at radius 3 is 2.53 bits per heavy atom. The number of nitrogens with zero attached hydrogens (tertiary/aromatic N) is 5. The highest BCUT2D eigenvalue weighted by molar-refractivity contribution is 5.86. The summed E-state index contributed by atoms with van der Waals surface area (Å²) < 4.78 is 14.2. The molecule has 4 heterocycles. The van der Waals surface area contributed by atoms with Crippen LogP contribution in [0.5, 0.6) is 5.75 Å². The number of morpholine rings is 1. The molecule has 1 saturated carbocycles. The Hall–Kier alpha value is -3.20. The Balaban J connectivity index is 1.20. The van der Waals surface area contributed by atoms with Crippen molar-refractivity contribution in [2.45, 2.75) is 63.7 Å². The summed E-state index contributed by atoms with van der Waals surface area (Å²) in [6.45, 7) is 4.65. The van der Waals surface area contributed by atoms with E-state index in [4.69, 9.17) is 9.47 Å². The fraction of sp³-hybridized carbons (Fsp3) is 0.556. The van der Waals surface area contributed by atoms with Gasteiger partial charge in [0.2, 0.25) is 5.95 Å². The number of hydrogen-bond donors (Lipinski definition) is 1. The van der Waals surface area contributed by atoms with Crippen LogP contribution < -0.4 is 20.5 Å². The van der Waals surface area contributed by atoms with Crippen LogP contribution in [0.15, 0.2) is 41.6 Å². The smallest absolute Gasteiger partial charge is 0.269 e. The van der Waals surface area contributed by atoms with Crippen molar-refractivity contribution in [2.24, 2.45) is 12.5 Å². The van der Waals surface area contributed by atoms with Crippen molar-refractivity contribution >= 4 is 22.7 Å². The summed E-state index contributed by atoms with van der Waals surface area (Å²) in [7, 11) is 1.79. The summed E-state index contributed by atoms with van der Waals surface area (Å²) in [6.07, 6.45) is 11.9. The molecule has 3 aliphatic rings. The second-order valence-corrected chi connectivity index (χ2v) is 10.9. The van der Waals surface area contributed by atoms with Gasteiger partial charge in [-0.05, 0) is 50.7 Å². The molecule has 0 spiro atoms. The van der Waals surface area contributed by atoms with Crippen LogP contribution in [0, 0.1) is 5.41 Å². The van der Waals surface area contributed by atoms with Crippen molar-refractivity contribution in [3.63, 3.8) is 0 Å². The zero-order chi connectivity index (χ0) is 24.7. The molecule has 2 unspecified atom stereocenters. The van der Waals surface area contributed by atoms with E-state index in [1.807, 2.05) is 6.07 Å².